The van der Waals surface area contributed by atoms with Crippen LogP contribution in [0.2, 0.25) is 0 Å². The molecule has 0 aromatic heterocycles. The zero-order valence-corrected chi connectivity index (χ0v) is 9.32. The average molecular weight is 226 g/mol. The first-order valence-corrected chi connectivity index (χ1v) is 5.85. The third-order valence-electron chi connectivity index (χ3n) is 3.55. The maximum atomic E-state index is 12.1. The van der Waals surface area contributed by atoms with Gasteiger partial charge in [0.05, 0.1) is 5.54 Å². The maximum Gasteiger partial charge on any atom is 0.323 e. The molecule has 2 aliphatic rings. The number of aliphatic carboxylic acids is 1. The van der Waals surface area contributed by atoms with Crippen LogP contribution < -0.4 is 5.73 Å². The summed E-state index contributed by atoms with van der Waals surface area (Å²) in [4.78, 5) is 24.4. The molecule has 3 N–H and O–H groups in total. The summed E-state index contributed by atoms with van der Waals surface area (Å²) in [6, 6.07) is 0.0876. The second-order valence-electron chi connectivity index (χ2n) is 4.92. The van der Waals surface area contributed by atoms with Crippen LogP contribution >= 0.6 is 0 Å². The number of nitrogens with zero attached hydrogens (tertiary/aromatic N) is 1. The predicted molar refractivity (Wildman–Crippen MR) is 57.8 cm³/mol. The summed E-state index contributed by atoms with van der Waals surface area (Å²) in [5.41, 5.74) is 5.10. The molecule has 5 heteroatoms. The summed E-state index contributed by atoms with van der Waals surface area (Å²) >= 11 is 0. The summed E-state index contributed by atoms with van der Waals surface area (Å²) < 4.78 is 0. The van der Waals surface area contributed by atoms with Gasteiger partial charge in [0, 0.05) is 6.04 Å². The molecular weight excluding hydrogens is 208 g/mol. The third kappa shape index (κ3) is 2.19. The fourth-order valence-corrected chi connectivity index (χ4v) is 2.36. The molecule has 0 aromatic rings. The molecular formula is C11H18N2O3. The number of carbonyl (C=O) groups excluding carboxylic acids is 1. The van der Waals surface area contributed by atoms with E-state index in [1.54, 1.807) is 0 Å². The number of rotatable bonds is 4. The minimum Gasteiger partial charge on any atom is -0.480 e. The van der Waals surface area contributed by atoms with Crippen LogP contribution in [0.1, 0.15) is 38.5 Å². The number of hydrogen-bond donors (Lipinski definition) is 2. The number of nitrogens with two attached hydrogens (primary N) is 1. The van der Waals surface area contributed by atoms with Gasteiger partial charge in [0.15, 0.2) is 0 Å². The van der Waals surface area contributed by atoms with Crippen molar-refractivity contribution in [3.8, 4) is 0 Å². The fourth-order valence-electron chi connectivity index (χ4n) is 2.36. The molecule has 0 atom stereocenters. The van der Waals surface area contributed by atoms with E-state index in [1.807, 2.05) is 0 Å². The highest BCUT2D eigenvalue weighted by Gasteiger charge is 2.49. The minimum atomic E-state index is -0.954. The number of carbonyl (C=O) groups is 2. The van der Waals surface area contributed by atoms with Gasteiger partial charge in [0.25, 0.3) is 0 Å². The number of amides is 1. The fraction of sp³-hybridized carbons (Fsp3) is 0.818. The lowest BCUT2D eigenvalue weighted by Crippen LogP contribution is -2.51. The van der Waals surface area contributed by atoms with Gasteiger partial charge in [-0.15, -0.1) is 0 Å². The quantitative estimate of drug-likeness (QED) is 0.723. The molecule has 1 amide bonds. The van der Waals surface area contributed by atoms with Crippen molar-refractivity contribution < 1.29 is 14.7 Å². The molecule has 0 saturated heterocycles. The van der Waals surface area contributed by atoms with E-state index in [-0.39, 0.29) is 18.5 Å². The zero-order valence-electron chi connectivity index (χ0n) is 9.32. The topological polar surface area (TPSA) is 83.6 Å². The van der Waals surface area contributed by atoms with Crippen molar-refractivity contribution in [2.24, 2.45) is 5.73 Å². The molecule has 0 heterocycles. The van der Waals surface area contributed by atoms with E-state index in [9.17, 15) is 9.59 Å². The molecule has 0 aliphatic heterocycles. The molecule has 90 valence electrons. The van der Waals surface area contributed by atoms with E-state index < -0.39 is 11.5 Å². The second kappa shape index (κ2) is 4.05. The molecule has 2 fully saturated rings. The molecule has 2 aliphatic carbocycles. The Morgan fingerprint density at radius 1 is 1.31 bits per heavy atom. The Morgan fingerprint density at radius 3 is 2.31 bits per heavy atom. The lowest BCUT2D eigenvalue weighted by molar-refractivity contribution is -0.147. The van der Waals surface area contributed by atoms with E-state index in [0.29, 0.717) is 12.8 Å². The summed E-state index contributed by atoms with van der Waals surface area (Å²) in [6.45, 7) is -0.206. The van der Waals surface area contributed by atoms with Crippen molar-refractivity contribution in [2.75, 3.05) is 6.54 Å². The van der Waals surface area contributed by atoms with Crippen LogP contribution in [0.25, 0.3) is 0 Å². The minimum absolute atomic E-state index is 0.0876. The average Bonchev–Trinajstić information content (AvgIpc) is 2.80. The van der Waals surface area contributed by atoms with E-state index in [4.69, 9.17) is 10.8 Å². The molecule has 0 bridgehead atoms. The Morgan fingerprint density at radius 2 is 1.88 bits per heavy atom. The molecule has 16 heavy (non-hydrogen) atoms. The summed E-state index contributed by atoms with van der Waals surface area (Å²) in [6.07, 6.45) is 5.35. The van der Waals surface area contributed by atoms with Crippen molar-refractivity contribution in [1.29, 1.82) is 0 Å². The molecule has 0 radical (unpaired) electrons. The van der Waals surface area contributed by atoms with Crippen molar-refractivity contribution in [2.45, 2.75) is 50.1 Å². The van der Waals surface area contributed by atoms with Crippen LogP contribution in [0.3, 0.4) is 0 Å². The smallest absolute Gasteiger partial charge is 0.323 e. The highest BCUT2D eigenvalue weighted by molar-refractivity contribution is 5.91. The van der Waals surface area contributed by atoms with Crippen LogP contribution in [0, 0.1) is 0 Å². The van der Waals surface area contributed by atoms with E-state index >= 15 is 0 Å². The molecule has 0 aromatic carbocycles. The molecule has 0 spiro atoms. The molecule has 0 unspecified atom stereocenters. The summed E-state index contributed by atoms with van der Waals surface area (Å²) in [5.74, 6) is -1.12. The largest absolute Gasteiger partial charge is 0.480 e. The van der Waals surface area contributed by atoms with Gasteiger partial charge in [-0.25, -0.2) is 0 Å². The molecule has 2 saturated carbocycles. The lowest BCUT2D eigenvalue weighted by atomic mass is 10.1. The second-order valence-corrected chi connectivity index (χ2v) is 4.92. The third-order valence-corrected chi connectivity index (χ3v) is 3.55. The predicted octanol–water partition coefficient (Wildman–Crippen LogP) is 0.333. The van der Waals surface area contributed by atoms with Crippen molar-refractivity contribution in [1.82, 2.24) is 4.90 Å². The van der Waals surface area contributed by atoms with Crippen LogP contribution in [-0.2, 0) is 9.59 Å². The van der Waals surface area contributed by atoms with Crippen LogP contribution in [-0.4, -0.2) is 40.0 Å². The molecule has 2 rings (SSSR count). The van der Waals surface area contributed by atoms with Crippen LogP contribution in [0.15, 0.2) is 0 Å². The van der Waals surface area contributed by atoms with Gasteiger partial charge < -0.3 is 15.7 Å². The van der Waals surface area contributed by atoms with Crippen molar-refractivity contribution >= 4 is 11.9 Å². The summed E-state index contributed by atoms with van der Waals surface area (Å²) in [7, 11) is 0. The normalized spacial score (nSPS) is 23.1. The van der Waals surface area contributed by atoms with Gasteiger partial charge in [-0.1, -0.05) is 12.8 Å². The van der Waals surface area contributed by atoms with E-state index in [2.05, 4.69) is 0 Å². The van der Waals surface area contributed by atoms with Gasteiger partial charge >= 0.3 is 5.97 Å². The Balaban J connectivity index is 2.06. The first-order valence-electron chi connectivity index (χ1n) is 5.85. The van der Waals surface area contributed by atoms with E-state index in [0.717, 1.165) is 25.7 Å². The number of hydrogen-bond acceptors (Lipinski definition) is 3. The highest BCUT2D eigenvalue weighted by atomic mass is 16.4. The monoisotopic (exact) mass is 226 g/mol. The van der Waals surface area contributed by atoms with Crippen molar-refractivity contribution in [3.05, 3.63) is 0 Å². The van der Waals surface area contributed by atoms with Gasteiger partial charge in [-0.05, 0) is 25.7 Å². The summed E-state index contributed by atoms with van der Waals surface area (Å²) in [5, 5.41) is 8.84. The Kier molecular flexibility index (Phi) is 2.88. The number of carboxylic acids is 1. The van der Waals surface area contributed by atoms with Crippen LogP contribution in [0.5, 0.6) is 0 Å². The Labute approximate surface area is 94.6 Å². The Bertz CT molecular complexity index is 306. The first-order chi connectivity index (χ1) is 7.53. The maximum absolute atomic E-state index is 12.1. The van der Waals surface area contributed by atoms with Crippen LogP contribution in [0.4, 0.5) is 0 Å². The SMILES string of the molecule is NC1(C(=O)N(CC(=O)O)C2CCCC2)CC1. The first kappa shape index (κ1) is 11.4. The molecule has 5 nitrogen and oxygen atoms in total. The Hall–Kier alpha value is -1.10. The van der Waals surface area contributed by atoms with Crippen molar-refractivity contribution in [3.63, 3.8) is 0 Å². The highest BCUT2D eigenvalue weighted by Crippen LogP contribution is 2.36. The zero-order chi connectivity index (χ0) is 11.8. The van der Waals surface area contributed by atoms with Gasteiger partial charge in [-0.2, -0.15) is 0 Å². The standard InChI is InChI=1S/C11H18N2O3/c12-11(5-6-11)10(16)13(7-9(14)15)8-3-1-2-4-8/h8H,1-7,12H2,(H,14,15). The van der Waals surface area contributed by atoms with Gasteiger partial charge in [0.1, 0.15) is 6.54 Å². The van der Waals surface area contributed by atoms with Gasteiger partial charge in [-0.3, -0.25) is 9.59 Å². The van der Waals surface area contributed by atoms with E-state index in [1.165, 1.54) is 4.90 Å². The number of carboxylic acid groups (broad SMARTS) is 1. The lowest BCUT2D eigenvalue weighted by Gasteiger charge is -2.29. The van der Waals surface area contributed by atoms with Gasteiger partial charge in [0.2, 0.25) is 5.91 Å².